The van der Waals surface area contributed by atoms with E-state index >= 15 is 0 Å². The fraction of sp³-hybridized carbons (Fsp3) is 1.00. The molecule has 1 aliphatic rings. The maximum Gasteiger partial charge on any atom is 0.263 e. The average molecular weight is 191 g/mol. The second-order valence-electron chi connectivity index (χ2n) is 5.04. The summed E-state index contributed by atoms with van der Waals surface area (Å²) in [6, 6.07) is 0. The highest BCUT2D eigenvalue weighted by atomic mass is 19.3. The molecule has 0 aromatic heterocycles. The fourth-order valence-corrected chi connectivity index (χ4v) is 1.62. The van der Waals surface area contributed by atoms with Crippen LogP contribution < -0.4 is 0 Å². The van der Waals surface area contributed by atoms with Gasteiger partial charge in [-0.05, 0) is 33.7 Å². The van der Waals surface area contributed by atoms with Crippen LogP contribution in [0.25, 0.3) is 0 Å². The molecule has 0 saturated carbocycles. The van der Waals surface area contributed by atoms with Gasteiger partial charge >= 0.3 is 0 Å². The highest BCUT2D eigenvalue weighted by Gasteiger charge is 2.44. The first-order valence-corrected chi connectivity index (χ1v) is 4.86. The molecule has 1 aliphatic heterocycles. The lowest BCUT2D eigenvalue weighted by Crippen LogP contribution is -2.54. The van der Waals surface area contributed by atoms with Crippen LogP contribution in [0.3, 0.4) is 0 Å². The van der Waals surface area contributed by atoms with E-state index in [1.807, 2.05) is 25.7 Å². The van der Waals surface area contributed by atoms with Gasteiger partial charge in [-0.25, -0.2) is 8.78 Å². The molecule has 1 nitrogen and oxygen atoms in total. The standard InChI is InChI=1S/C10H19F2N/c1-8-5-6-13(9(2,3)4)7-10(8,11)12/h8H,5-7H2,1-4H3/t8-/m1/s1. The molecular formula is C10H19F2N. The maximum absolute atomic E-state index is 13.3. The summed E-state index contributed by atoms with van der Waals surface area (Å²) in [5.74, 6) is -2.97. The van der Waals surface area contributed by atoms with Crippen molar-refractivity contribution >= 4 is 0 Å². The van der Waals surface area contributed by atoms with E-state index < -0.39 is 11.8 Å². The number of likely N-dealkylation sites (tertiary alicyclic amines) is 1. The van der Waals surface area contributed by atoms with Gasteiger partial charge in [-0.15, -0.1) is 0 Å². The van der Waals surface area contributed by atoms with Gasteiger partial charge < -0.3 is 0 Å². The fourth-order valence-electron chi connectivity index (χ4n) is 1.62. The normalized spacial score (nSPS) is 30.5. The van der Waals surface area contributed by atoms with Crippen LogP contribution in [0.15, 0.2) is 0 Å². The molecule has 0 bridgehead atoms. The van der Waals surface area contributed by atoms with Gasteiger partial charge in [0.2, 0.25) is 0 Å². The van der Waals surface area contributed by atoms with E-state index in [0.717, 1.165) is 6.54 Å². The highest BCUT2D eigenvalue weighted by molar-refractivity contribution is 4.89. The average Bonchev–Trinajstić information content (AvgIpc) is 1.92. The summed E-state index contributed by atoms with van der Waals surface area (Å²) in [7, 11) is 0. The van der Waals surface area contributed by atoms with E-state index in [4.69, 9.17) is 0 Å². The van der Waals surface area contributed by atoms with E-state index in [1.54, 1.807) is 6.92 Å². The van der Waals surface area contributed by atoms with Crippen LogP contribution >= 0.6 is 0 Å². The Balaban J connectivity index is 2.66. The van der Waals surface area contributed by atoms with Crippen LogP contribution in [-0.2, 0) is 0 Å². The summed E-state index contributed by atoms with van der Waals surface area (Å²) < 4.78 is 26.7. The first-order chi connectivity index (χ1) is 5.73. The molecule has 0 N–H and O–H groups in total. The van der Waals surface area contributed by atoms with Crippen molar-refractivity contribution in [2.24, 2.45) is 5.92 Å². The minimum Gasteiger partial charge on any atom is -0.293 e. The maximum atomic E-state index is 13.3. The van der Waals surface area contributed by atoms with Gasteiger partial charge in [0.1, 0.15) is 0 Å². The summed E-state index contributed by atoms with van der Waals surface area (Å²) >= 11 is 0. The summed E-state index contributed by atoms with van der Waals surface area (Å²) in [6.45, 7) is 8.30. The number of halogens is 2. The highest BCUT2D eigenvalue weighted by Crippen LogP contribution is 2.34. The lowest BCUT2D eigenvalue weighted by molar-refractivity contribution is -0.122. The lowest BCUT2D eigenvalue weighted by atomic mass is 9.91. The molecule has 3 heteroatoms. The second kappa shape index (κ2) is 3.19. The van der Waals surface area contributed by atoms with E-state index in [1.165, 1.54) is 0 Å². The van der Waals surface area contributed by atoms with Gasteiger partial charge in [0.25, 0.3) is 5.92 Å². The molecule has 0 amide bonds. The molecule has 0 spiro atoms. The Morgan fingerprint density at radius 1 is 1.31 bits per heavy atom. The van der Waals surface area contributed by atoms with Crippen LogP contribution in [0.5, 0.6) is 0 Å². The van der Waals surface area contributed by atoms with Crippen LogP contribution in [0.4, 0.5) is 8.78 Å². The third-order valence-corrected chi connectivity index (χ3v) is 2.90. The molecule has 78 valence electrons. The van der Waals surface area contributed by atoms with Gasteiger partial charge in [-0.3, -0.25) is 4.90 Å². The van der Waals surface area contributed by atoms with Crippen LogP contribution in [0, 0.1) is 5.92 Å². The topological polar surface area (TPSA) is 3.24 Å². The zero-order valence-corrected chi connectivity index (χ0v) is 8.90. The SMILES string of the molecule is C[C@@H]1CCN(C(C)(C)C)CC1(F)F. The molecule has 0 aromatic rings. The van der Waals surface area contributed by atoms with Crippen molar-refractivity contribution < 1.29 is 8.78 Å². The molecule has 0 unspecified atom stereocenters. The minimum absolute atomic E-state index is 0.0856. The number of nitrogens with zero attached hydrogens (tertiary/aromatic N) is 1. The van der Waals surface area contributed by atoms with Crippen molar-refractivity contribution in [1.82, 2.24) is 4.90 Å². The summed E-state index contributed by atoms with van der Waals surface area (Å²) in [5.41, 5.74) is -0.135. The van der Waals surface area contributed by atoms with Crippen molar-refractivity contribution in [1.29, 1.82) is 0 Å². The molecule has 1 rings (SSSR count). The molecule has 0 aliphatic carbocycles. The molecule has 0 aromatic carbocycles. The first kappa shape index (κ1) is 10.9. The Labute approximate surface area is 79.1 Å². The third kappa shape index (κ3) is 2.39. The lowest BCUT2D eigenvalue weighted by Gasteiger charge is -2.43. The van der Waals surface area contributed by atoms with Gasteiger partial charge in [0.15, 0.2) is 0 Å². The predicted molar refractivity (Wildman–Crippen MR) is 50.1 cm³/mol. The van der Waals surface area contributed by atoms with Gasteiger partial charge in [0, 0.05) is 11.5 Å². The summed E-state index contributed by atoms with van der Waals surface area (Å²) in [6.07, 6.45) is 0.601. The van der Waals surface area contributed by atoms with Gasteiger partial charge in [0.05, 0.1) is 6.54 Å². The second-order valence-corrected chi connectivity index (χ2v) is 5.04. The van der Waals surface area contributed by atoms with Crippen molar-refractivity contribution in [2.45, 2.75) is 45.6 Å². The van der Waals surface area contributed by atoms with E-state index in [-0.39, 0.29) is 12.1 Å². The van der Waals surface area contributed by atoms with Crippen molar-refractivity contribution in [3.63, 3.8) is 0 Å². The molecule has 1 saturated heterocycles. The van der Waals surface area contributed by atoms with Crippen molar-refractivity contribution in [3.8, 4) is 0 Å². The Morgan fingerprint density at radius 3 is 2.23 bits per heavy atom. The molecule has 1 heterocycles. The Bertz CT molecular complexity index is 184. The van der Waals surface area contributed by atoms with E-state index in [0.29, 0.717) is 6.42 Å². The first-order valence-electron chi connectivity index (χ1n) is 4.86. The van der Waals surface area contributed by atoms with Crippen LogP contribution in [0.2, 0.25) is 0 Å². The Kier molecular flexibility index (Phi) is 2.68. The quantitative estimate of drug-likeness (QED) is 0.569. The number of hydrogen-bond donors (Lipinski definition) is 0. The summed E-state index contributed by atoms with van der Waals surface area (Å²) in [4.78, 5) is 1.87. The Morgan fingerprint density at radius 2 is 1.85 bits per heavy atom. The molecule has 13 heavy (non-hydrogen) atoms. The largest absolute Gasteiger partial charge is 0.293 e. The van der Waals surface area contributed by atoms with E-state index in [9.17, 15) is 8.78 Å². The molecule has 1 atom stereocenters. The smallest absolute Gasteiger partial charge is 0.263 e. The Hall–Kier alpha value is -0.180. The third-order valence-electron chi connectivity index (χ3n) is 2.90. The predicted octanol–water partition coefficient (Wildman–Crippen LogP) is 2.76. The number of hydrogen-bond acceptors (Lipinski definition) is 1. The number of rotatable bonds is 0. The zero-order chi connectivity index (χ0) is 10.3. The molecule has 0 radical (unpaired) electrons. The molecular weight excluding hydrogens is 172 g/mol. The zero-order valence-electron chi connectivity index (χ0n) is 8.90. The van der Waals surface area contributed by atoms with Crippen LogP contribution in [0.1, 0.15) is 34.1 Å². The molecule has 1 fully saturated rings. The number of piperidine rings is 1. The van der Waals surface area contributed by atoms with Crippen molar-refractivity contribution in [2.75, 3.05) is 13.1 Å². The van der Waals surface area contributed by atoms with Gasteiger partial charge in [-0.2, -0.15) is 0 Å². The van der Waals surface area contributed by atoms with Crippen LogP contribution in [-0.4, -0.2) is 29.5 Å². The van der Waals surface area contributed by atoms with E-state index in [2.05, 4.69) is 0 Å². The number of alkyl halides is 2. The monoisotopic (exact) mass is 191 g/mol. The summed E-state index contributed by atoms with van der Waals surface area (Å²) in [5, 5.41) is 0. The minimum atomic E-state index is -2.51. The van der Waals surface area contributed by atoms with Gasteiger partial charge in [-0.1, -0.05) is 6.92 Å². The van der Waals surface area contributed by atoms with Crippen molar-refractivity contribution in [3.05, 3.63) is 0 Å².